The molecule has 7 rings (SSSR count). The molecule has 1 aliphatic rings. The molecule has 0 amide bonds. The summed E-state index contributed by atoms with van der Waals surface area (Å²) in [4.78, 5) is 0. The molecule has 2 heterocycles. The lowest BCUT2D eigenvalue weighted by Gasteiger charge is -2.32. The van der Waals surface area contributed by atoms with E-state index in [0.29, 0.717) is 0 Å². The van der Waals surface area contributed by atoms with E-state index >= 15 is 0 Å². The van der Waals surface area contributed by atoms with Gasteiger partial charge in [0.1, 0.15) is 0 Å². The van der Waals surface area contributed by atoms with Crippen molar-refractivity contribution in [3.05, 3.63) is 143 Å². The van der Waals surface area contributed by atoms with Crippen molar-refractivity contribution in [3.63, 3.8) is 0 Å². The molecule has 0 spiro atoms. The van der Waals surface area contributed by atoms with Gasteiger partial charge in [0, 0.05) is 16.5 Å². The molecule has 0 atom stereocenters. The second-order valence-electron chi connectivity index (χ2n) is 13.2. The highest BCUT2D eigenvalue weighted by Crippen LogP contribution is 2.37. The number of aryl methyl sites for hydroxylation is 5. The average Bonchev–Trinajstić information content (AvgIpc) is 3.47. The molecule has 230 valence electrons. The number of para-hydroxylation sites is 2. The molecule has 0 N–H and O–H groups in total. The highest BCUT2D eigenvalue weighted by atomic mass is 16.7. The first-order chi connectivity index (χ1) is 21.4. The first kappa shape index (κ1) is 32.3. The van der Waals surface area contributed by atoms with Crippen LogP contribution in [-0.4, -0.2) is 22.9 Å². The lowest BCUT2D eigenvalue weighted by atomic mass is 9.79. The quantitative estimate of drug-likeness (QED) is 0.186. The van der Waals surface area contributed by atoms with E-state index in [9.17, 15) is 0 Å². The Kier molecular flexibility index (Phi) is 9.39. The topological polar surface area (TPSA) is 23.4 Å². The molecule has 1 fully saturated rings. The summed E-state index contributed by atoms with van der Waals surface area (Å²) in [5, 5.41) is 2.65. The Balaban J connectivity index is 0.000000147. The van der Waals surface area contributed by atoms with Crippen LogP contribution in [0.2, 0.25) is 0 Å². The van der Waals surface area contributed by atoms with Crippen LogP contribution in [0.5, 0.6) is 0 Å². The minimum atomic E-state index is -0.261. The highest BCUT2D eigenvalue weighted by Gasteiger charge is 2.51. The van der Waals surface area contributed by atoms with Gasteiger partial charge in [0.25, 0.3) is 0 Å². The van der Waals surface area contributed by atoms with Crippen LogP contribution >= 0.6 is 0 Å². The first-order valence-corrected chi connectivity index (χ1v) is 15.9. The Morgan fingerprint density at radius 1 is 0.511 bits per heavy atom. The summed E-state index contributed by atoms with van der Waals surface area (Å²) in [6.45, 7) is 19.0. The summed E-state index contributed by atoms with van der Waals surface area (Å²) in [7, 11) is -0.245. The van der Waals surface area contributed by atoms with Crippen molar-refractivity contribution < 1.29 is 9.31 Å². The largest absolute Gasteiger partial charge is 0.494 e. The summed E-state index contributed by atoms with van der Waals surface area (Å²) in [5.74, 6) is 0. The van der Waals surface area contributed by atoms with Gasteiger partial charge in [0.05, 0.1) is 22.2 Å². The van der Waals surface area contributed by atoms with E-state index in [-0.39, 0.29) is 18.3 Å². The lowest BCUT2D eigenvalue weighted by Crippen LogP contribution is -2.41. The highest BCUT2D eigenvalue weighted by molar-refractivity contribution is 6.62. The van der Waals surface area contributed by atoms with E-state index in [1.165, 1.54) is 55.3 Å². The average molecular weight is 596 g/mol. The van der Waals surface area contributed by atoms with Gasteiger partial charge in [-0.2, -0.15) is 0 Å². The fourth-order valence-corrected chi connectivity index (χ4v) is 5.53. The van der Waals surface area contributed by atoms with Crippen LogP contribution in [0.15, 0.2) is 115 Å². The zero-order chi connectivity index (χ0) is 32.4. The zero-order valence-electron chi connectivity index (χ0n) is 28.3. The van der Waals surface area contributed by atoms with Gasteiger partial charge in [-0.25, -0.2) is 0 Å². The van der Waals surface area contributed by atoms with E-state index in [4.69, 9.17) is 9.31 Å². The van der Waals surface area contributed by atoms with Crippen molar-refractivity contribution >= 4 is 34.4 Å². The van der Waals surface area contributed by atoms with E-state index in [0.717, 1.165) is 5.46 Å². The van der Waals surface area contributed by atoms with Crippen LogP contribution in [0.25, 0.3) is 27.5 Å². The van der Waals surface area contributed by atoms with Crippen molar-refractivity contribution in [3.8, 4) is 5.69 Å². The second kappa shape index (κ2) is 13.1. The van der Waals surface area contributed by atoms with Gasteiger partial charge in [-0.05, 0) is 108 Å². The Hall–Kier alpha value is -4.12. The van der Waals surface area contributed by atoms with Crippen molar-refractivity contribution in [2.45, 2.75) is 73.5 Å². The Morgan fingerprint density at radius 3 is 1.62 bits per heavy atom. The van der Waals surface area contributed by atoms with Gasteiger partial charge in [0.15, 0.2) is 0 Å². The summed E-state index contributed by atoms with van der Waals surface area (Å²) in [5.41, 5.74) is 11.1. The van der Waals surface area contributed by atoms with Gasteiger partial charge >= 0.3 is 7.12 Å². The maximum absolute atomic E-state index is 5.97. The van der Waals surface area contributed by atoms with Crippen molar-refractivity contribution in [1.29, 1.82) is 0 Å². The molecule has 4 heteroatoms. The van der Waals surface area contributed by atoms with Gasteiger partial charge < -0.3 is 13.9 Å². The van der Waals surface area contributed by atoms with E-state index in [1.807, 2.05) is 0 Å². The Morgan fingerprint density at radius 2 is 1.04 bits per heavy atom. The third kappa shape index (κ3) is 6.78. The third-order valence-corrected chi connectivity index (χ3v) is 9.40. The maximum atomic E-state index is 5.97. The van der Waals surface area contributed by atoms with Gasteiger partial charge in [-0.15, -0.1) is 0 Å². The molecular formula is C41H46BNO2. The van der Waals surface area contributed by atoms with Gasteiger partial charge in [-0.3, -0.25) is 0 Å². The van der Waals surface area contributed by atoms with Crippen LogP contribution in [0, 0.1) is 34.6 Å². The number of hydrogen-bond acceptors (Lipinski definition) is 2. The minimum absolute atomic E-state index is 0.245. The molecule has 1 aromatic heterocycles. The molecule has 3 nitrogen and oxygen atoms in total. The molecule has 1 aliphatic heterocycles. The van der Waals surface area contributed by atoms with Gasteiger partial charge in [0.2, 0.25) is 0 Å². The van der Waals surface area contributed by atoms with Crippen LogP contribution in [-0.2, 0) is 9.31 Å². The fourth-order valence-electron chi connectivity index (χ4n) is 5.53. The van der Waals surface area contributed by atoms with Crippen LogP contribution in [0.1, 0.15) is 55.5 Å². The summed E-state index contributed by atoms with van der Waals surface area (Å²) < 4.78 is 14.3. The van der Waals surface area contributed by atoms with E-state index in [2.05, 4.69) is 182 Å². The fraction of sp³-hybridized carbons (Fsp3) is 0.268. The molecule has 0 radical (unpaired) electrons. The predicted molar refractivity (Wildman–Crippen MR) is 193 cm³/mol. The first-order valence-electron chi connectivity index (χ1n) is 15.9. The van der Waals surface area contributed by atoms with Crippen LogP contribution in [0.4, 0.5) is 0 Å². The Labute approximate surface area is 270 Å². The molecule has 0 bridgehead atoms. The number of aromatic nitrogens is 1. The van der Waals surface area contributed by atoms with E-state index < -0.39 is 0 Å². The molecule has 0 saturated carbocycles. The van der Waals surface area contributed by atoms with Crippen molar-refractivity contribution in [2.75, 3.05) is 0 Å². The molecular weight excluding hydrogens is 549 g/mol. The lowest BCUT2D eigenvalue weighted by molar-refractivity contribution is 0.00578. The van der Waals surface area contributed by atoms with Crippen LogP contribution < -0.4 is 5.46 Å². The number of fused-ring (bicyclic) bond motifs is 3. The summed E-state index contributed by atoms with van der Waals surface area (Å²) in [6.07, 6.45) is 0. The number of nitrogens with zero attached hydrogens (tertiary/aromatic N) is 1. The van der Waals surface area contributed by atoms with Crippen LogP contribution in [0.3, 0.4) is 0 Å². The number of hydrogen-bond donors (Lipinski definition) is 0. The zero-order valence-corrected chi connectivity index (χ0v) is 28.3. The molecule has 0 aliphatic carbocycles. The Bertz CT molecular complexity index is 1870. The normalized spacial score (nSPS) is 14.9. The minimum Gasteiger partial charge on any atom is -0.399 e. The maximum Gasteiger partial charge on any atom is 0.494 e. The molecule has 45 heavy (non-hydrogen) atoms. The smallest absolute Gasteiger partial charge is 0.399 e. The number of benzene rings is 5. The molecule has 1 saturated heterocycles. The standard InChI is InChI=1S/C20H17N.C13H19BO2.C8H10/c1-14-12-13-18-17-10-6-7-11-19(17)21(20(18)15(14)2)16-8-4-3-5-9-16;1-10-6-8-11(9-7-10)14-15-12(2,3)13(4,5)16-14;1-7-5-3-4-6-8(7)2/h3-13H,1-2H3;6-9H,1-5H3;3-6H,1-2H3. The van der Waals surface area contributed by atoms with Crippen molar-refractivity contribution in [2.24, 2.45) is 0 Å². The second-order valence-corrected chi connectivity index (χ2v) is 13.2. The van der Waals surface area contributed by atoms with Crippen molar-refractivity contribution in [1.82, 2.24) is 4.57 Å². The number of rotatable bonds is 2. The van der Waals surface area contributed by atoms with E-state index in [1.54, 1.807) is 0 Å². The summed E-state index contributed by atoms with van der Waals surface area (Å²) >= 11 is 0. The SMILES string of the molecule is Cc1ccc(B2OC(C)(C)C(C)(C)O2)cc1.Cc1ccc2c3ccccc3n(-c3ccccc3)c2c1C.Cc1ccccc1C. The molecule has 6 aromatic rings. The van der Waals surface area contributed by atoms with Gasteiger partial charge in [-0.1, -0.05) is 103 Å². The summed E-state index contributed by atoms with van der Waals surface area (Å²) in [6, 6.07) is 40.4. The predicted octanol–water partition coefficient (Wildman–Crippen LogP) is 10.00. The molecule has 0 unspecified atom stereocenters. The molecule has 5 aromatic carbocycles. The third-order valence-electron chi connectivity index (χ3n) is 9.40. The monoisotopic (exact) mass is 595 g/mol.